The fraction of sp³-hybridized carbons (Fsp3) is 0.455. The van der Waals surface area contributed by atoms with Crippen molar-refractivity contribution in [3.05, 3.63) is 12.2 Å². The predicted octanol–water partition coefficient (Wildman–Crippen LogP) is -1.08. The van der Waals surface area contributed by atoms with Gasteiger partial charge >= 0.3 is 0 Å². The Labute approximate surface area is 113 Å². The van der Waals surface area contributed by atoms with E-state index in [1.54, 1.807) is 4.57 Å². The molecule has 4 N–H and O–H groups in total. The van der Waals surface area contributed by atoms with E-state index in [0.29, 0.717) is 17.6 Å². The molecule has 0 aromatic carbocycles. The standard InChI is InChI=1S/C11H12N6O3/c12-2-7-15-10(13)9-11(16-7)17(4-14-9)8-1-5(19)6(3-18)20-8/h4-6,8,18-19H,1,3H2,(H2,13,15,16)/t5-,6+,8+/m0/s1. The fourth-order valence-electron chi connectivity index (χ4n) is 2.25. The van der Waals surface area contributed by atoms with Crippen molar-refractivity contribution in [3.8, 4) is 6.07 Å². The fourth-order valence-corrected chi connectivity index (χ4v) is 2.25. The third kappa shape index (κ3) is 1.87. The van der Waals surface area contributed by atoms with Crippen LogP contribution >= 0.6 is 0 Å². The molecule has 1 fully saturated rings. The van der Waals surface area contributed by atoms with E-state index in [2.05, 4.69) is 15.0 Å². The Balaban J connectivity index is 2.05. The van der Waals surface area contributed by atoms with E-state index in [4.69, 9.17) is 20.8 Å². The summed E-state index contributed by atoms with van der Waals surface area (Å²) in [6, 6.07) is 1.82. The van der Waals surface area contributed by atoms with Crippen LogP contribution in [0.2, 0.25) is 0 Å². The van der Waals surface area contributed by atoms with Crippen LogP contribution in [-0.4, -0.2) is 48.5 Å². The molecular formula is C11H12N6O3. The number of nitrogen functional groups attached to an aromatic ring is 1. The Morgan fingerprint density at radius 1 is 1.55 bits per heavy atom. The van der Waals surface area contributed by atoms with Gasteiger partial charge in [-0.3, -0.25) is 4.57 Å². The summed E-state index contributed by atoms with van der Waals surface area (Å²) in [6.07, 6.45) is -0.173. The van der Waals surface area contributed by atoms with Gasteiger partial charge in [0.2, 0.25) is 5.82 Å². The van der Waals surface area contributed by atoms with Crippen molar-refractivity contribution in [2.24, 2.45) is 0 Å². The summed E-state index contributed by atoms with van der Waals surface area (Å²) in [5.41, 5.74) is 6.45. The lowest BCUT2D eigenvalue weighted by Crippen LogP contribution is -2.24. The smallest absolute Gasteiger partial charge is 0.236 e. The van der Waals surface area contributed by atoms with Crippen molar-refractivity contribution < 1.29 is 14.9 Å². The van der Waals surface area contributed by atoms with Gasteiger partial charge in [0, 0.05) is 6.42 Å². The number of ether oxygens (including phenoxy) is 1. The third-order valence-electron chi connectivity index (χ3n) is 3.24. The summed E-state index contributed by atoms with van der Waals surface area (Å²) in [7, 11) is 0. The van der Waals surface area contributed by atoms with Crippen molar-refractivity contribution in [1.82, 2.24) is 19.5 Å². The molecule has 2 aromatic rings. The van der Waals surface area contributed by atoms with Gasteiger partial charge in [0.1, 0.15) is 23.9 Å². The largest absolute Gasteiger partial charge is 0.394 e. The first kappa shape index (κ1) is 12.7. The second-order valence-corrected chi connectivity index (χ2v) is 4.48. The van der Waals surface area contributed by atoms with E-state index in [9.17, 15) is 5.11 Å². The van der Waals surface area contributed by atoms with E-state index < -0.39 is 18.4 Å². The molecule has 9 nitrogen and oxygen atoms in total. The van der Waals surface area contributed by atoms with Gasteiger partial charge in [0.05, 0.1) is 19.0 Å². The lowest BCUT2D eigenvalue weighted by molar-refractivity contribution is -0.0432. The molecule has 2 aromatic heterocycles. The molecule has 0 radical (unpaired) electrons. The minimum atomic E-state index is -0.767. The zero-order valence-electron chi connectivity index (χ0n) is 10.3. The minimum absolute atomic E-state index is 0.0611. The normalized spacial score (nSPS) is 25.9. The average Bonchev–Trinajstić information content (AvgIpc) is 3.01. The first-order valence-corrected chi connectivity index (χ1v) is 5.98. The van der Waals surface area contributed by atoms with Gasteiger partial charge in [-0.2, -0.15) is 15.2 Å². The first-order valence-electron chi connectivity index (χ1n) is 5.98. The van der Waals surface area contributed by atoms with E-state index in [0.717, 1.165) is 0 Å². The summed E-state index contributed by atoms with van der Waals surface area (Å²) in [6.45, 7) is -0.273. The number of aliphatic hydroxyl groups excluding tert-OH is 2. The first-order chi connectivity index (χ1) is 9.63. The number of imidazole rings is 1. The number of fused-ring (bicyclic) bond motifs is 1. The summed E-state index contributed by atoms with van der Waals surface area (Å²) in [5.74, 6) is 0.0524. The maximum atomic E-state index is 9.76. The van der Waals surface area contributed by atoms with Crippen LogP contribution in [0.3, 0.4) is 0 Å². The van der Waals surface area contributed by atoms with E-state index in [1.807, 2.05) is 6.07 Å². The number of rotatable bonds is 2. The van der Waals surface area contributed by atoms with Gasteiger partial charge in [-0.25, -0.2) is 4.98 Å². The summed E-state index contributed by atoms with van der Waals surface area (Å²) in [5, 5.41) is 27.7. The SMILES string of the molecule is N#Cc1nc(N)c2ncn([C@H]3C[C@H](O)[C@@H](CO)O3)c2n1. The maximum Gasteiger partial charge on any atom is 0.236 e. The highest BCUT2D eigenvalue weighted by atomic mass is 16.5. The summed E-state index contributed by atoms with van der Waals surface area (Å²) in [4.78, 5) is 12.0. The van der Waals surface area contributed by atoms with Gasteiger partial charge in [-0.05, 0) is 0 Å². The molecule has 3 heterocycles. The Bertz CT molecular complexity index is 693. The molecule has 0 amide bonds. The van der Waals surface area contributed by atoms with Crippen LogP contribution in [0.25, 0.3) is 11.2 Å². The van der Waals surface area contributed by atoms with Crippen LogP contribution < -0.4 is 5.73 Å². The molecule has 3 rings (SSSR count). The predicted molar refractivity (Wildman–Crippen MR) is 66.1 cm³/mol. The second-order valence-electron chi connectivity index (χ2n) is 4.48. The van der Waals surface area contributed by atoms with Crippen LogP contribution in [0.1, 0.15) is 18.5 Å². The van der Waals surface area contributed by atoms with Crippen LogP contribution in [-0.2, 0) is 4.74 Å². The van der Waals surface area contributed by atoms with Gasteiger partial charge in [-0.15, -0.1) is 0 Å². The molecule has 0 spiro atoms. The van der Waals surface area contributed by atoms with Gasteiger partial charge in [-0.1, -0.05) is 0 Å². The van der Waals surface area contributed by atoms with E-state index in [1.165, 1.54) is 6.33 Å². The molecule has 1 aliphatic heterocycles. The zero-order chi connectivity index (χ0) is 14.3. The second kappa shape index (κ2) is 4.68. The molecule has 20 heavy (non-hydrogen) atoms. The highest BCUT2D eigenvalue weighted by Gasteiger charge is 2.35. The van der Waals surface area contributed by atoms with Crippen molar-refractivity contribution in [2.45, 2.75) is 24.9 Å². The molecule has 1 aliphatic rings. The summed E-state index contributed by atoms with van der Waals surface area (Å²) < 4.78 is 7.10. The van der Waals surface area contributed by atoms with Crippen molar-refractivity contribution in [1.29, 1.82) is 5.26 Å². The van der Waals surface area contributed by atoms with Crippen LogP contribution in [0.5, 0.6) is 0 Å². The van der Waals surface area contributed by atoms with Gasteiger partial charge in [0.25, 0.3) is 0 Å². The number of hydrogen-bond donors (Lipinski definition) is 3. The Morgan fingerprint density at radius 3 is 3.00 bits per heavy atom. The number of anilines is 1. The van der Waals surface area contributed by atoms with E-state index in [-0.39, 0.29) is 18.2 Å². The maximum absolute atomic E-state index is 9.76. The Kier molecular flexibility index (Phi) is 2.98. The molecule has 0 bridgehead atoms. The summed E-state index contributed by atoms with van der Waals surface area (Å²) >= 11 is 0. The zero-order valence-corrected chi connectivity index (χ0v) is 10.3. The molecule has 1 saturated heterocycles. The molecular weight excluding hydrogens is 264 g/mol. The number of nitriles is 1. The Morgan fingerprint density at radius 2 is 2.35 bits per heavy atom. The van der Waals surface area contributed by atoms with Crippen LogP contribution in [0.15, 0.2) is 6.33 Å². The molecule has 3 atom stereocenters. The monoisotopic (exact) mass is 276 g/mol. The number of hydrogen-bond acceptors (Lipinski definition) is 8. The van der Waals surface area contributed by atoms with Crippen molar-refractivity contribution in [3.63, 3.8) is 0 Å². The number of aliphatic hydroxyl groups is 2. The number of nitrogens with two attached hydrogens (primary N) is 1. The quantitative estimate of drug-likeness (QED) is 0.628. The minimum Gasteiger partial charge on any atom is -0.394 e. The lowest BCUT2D eigenvalue weighted by Gasteiger charge is -2.13. The van der Waals surface area contributed by atoms with Crippen molar-refractivity contribution >= 4 is 17.0 Å². The molecule has 0 aliphatic carbocycles. The molecule has 0 unspecified atom stereocenters. The third-order valence-corrected chi connectivity index (χ3v) is 3.24. The van der Waals surface area contributed by atoms with Crippen molar-refractivity contribution in [2.75, 3.05) is 12.3 Å². The van der Waals surface area contributed by atoms with Gasteiger partial charge < -0.3 is 20.7 Å². The molecule has 0 saturated carbocycles. The van der Waals surface area contributed by atoms with Crippen LogP contribution in [0, 0.1) is 11.3 Å². The topological polar surface area (TPSA) is 143 Å². The molecule has 9 heteroatoms. The van der Waals surface area contributed by atoms with Crippen LogP contribution in [0.4, 0.5) is 5.82 Å². The molecule has 104 valence electrons. The number of aromatic nitrogens is 4. The lowest BCUT2D eigenvalue weighted by atomic mass is 10.2. The van der Waals surface area contributed by atoms with Gasteiger partial charge in [0.15, 0.2) is 11.5 Å². The van der Waals surface area contributed by atoms with E-state index >= 15 is 0 Å². The number of nitrogens with zero attached hydrogens (tertiary/aromatic N) is 5. The highest BCUT2D eigenvalue weighted by molar-refractivity contribution is 5.81. The Hall–Kier alpha value is -2.28. The highest BCUT2D eigenvalue weighted by Crippen LogP contribution is 2.31. The average molecular weight is 276 g/mol.